The quantitative estimate of drug-likeness (QED) is 0.749. The van der Waals surface area contributed by atoms with Crippen molar-refractivity contribution in [2.75, 3.05) is 0 Å². The molecule has 1 spiro atoms. The Morgan fingerprint density at radius 3 is 2.62 bits per heavy atom. The lowest BCUT2D eigenvalue weighted by atomic mass is 9.99. The number of rotatable bonds is 1. The van der Waals surface area contributed by atoms with Crippen LogP contribution in [-0.2, 0) is 11.2 Å². The summed E-state index contributed by atoms with van der Waals surface area (Å²) in [5.74, 6) is 0.576. The van der Waals surface area contributed by atoms with Crippen LogP contribution in [0.25, 0.3) is 0 Å². The summed E-state index contributed by atoms with van der Waals surface area (Å²) in [6.45, 7) is 5.44. The van der Waals surface area contributed by atoms with E-state index in [0.29, 0.717) is 17.7 Å². The highest BCUT2D eigenvalue weighted by Crippen LogP contribution is 2.60. The van der Waals surface area contributed by atoms with Crippen molar-refractivity contribution in [1.82, 2.24) is 4.90 Å². The molecule has 1 aromatic carbocycles. The van der Waals surface area contributed by atoms with Gasteiger partial charge >= 0.3 is 6.09 Å². The van der Waals surface area contributed by atoms with E-state index >= 15 is 0 Å². The number of furan rings is 1. The van der Waals surface area contributed by atoms with Crippen LogP contribution in [0, 0.1) is 0 Å². The number of carbonyl (C=O) groups is 2. The van der Waals surface area contributed by atoms with Gasteiger partial charge in [0, 0.05) is 12.0 Å². The van der Waals surface area contributed by atoms with Gasteiger partial charge in [0.2, 0.25) is 0 Å². The molecule has 0 N–H and O–H groups in total. The van der Waals surface area contributed by atoms with Crippen molar-refractivity contribution < 1.29 is 18.7 Å². The topological polar surface area (TPSA) is 59.5 Å². The summed E-state index contributed by atoms with van der Waals surface area (Å²) in [6, 6.07) is 10.7. The zero-order valence-electron chi connectivity index (χ0n) is 13.9. The maximum Gasteiger partial charge on any atom is 0.411 e. The van der Waals surface area contributed by atoms with Crippen LogP contribution in [0.3, 0.4) is 0 Å². The lowest BCUT2D eigenvalue weighted by molar-refractivity contribution is 0.0361. The van der Waals surface area contributed by atoms with E-state index in [2.05, 4.69) is 0 Å². The zero-order chi connectivity index (χ0) is 17.1. The Labute approximate surface area is 140 Å². The third-order valence-corrected chi connectivity index (χ3v) is 4.59. The number of ether oxygens (including phenoxy) is 1. The molecule has 24 heavy (non-hydrogen) atoms. The van der Waals surface area contributed by atoms with Gasteiger partial charge in [0.1, 0.15) is 22.9 Å². The van der Waals surface area contributed by atoms with Gasteiger partial charge in [-0.25, -0.2) is 4.79 Å². The molecule has 2 heterocycles. The fraction of sp³-hybridized carbons (Fsp3) is 0.368. The van der Waals surface area contributed by atoms with Gasteiger partial charge in [-0.15, -0.1) is 0 Å². The molecule has 2 atom stereocenters. The van der Waals surface area contributed by atoms with Crippen molar-refractivity contribution in [2.45, 2.75) is 44.4 Å². The molecule has 124 valence electrons. The van der Waals surface area contributed by atoms with Crippen LogP contribution in [0.2, 0.25) is 0 Å². The van der Waals surface area contributed by atoms with Gasteiger partial charge in [0.15, 0.2) is 5.78 Å². The molecule has 5 nitrogen and oxygen atoms in total. The molecule has 2 aromatic rings. The van der Waals surface area contributed by atoms with Crippen molar-refractivity contribution in [3.63, 3.8) is 0 Å². The first-order chi connectivity index (χ1) is 11.3. The maximum atomic E-state index is 13.1. The Morgan fingerprint density at radius 1 is 1.25 bits per heavy atom. The fourth-order valence-corrected chi connectivity index (χ4v) is 3.64. The molecular weight excluding hydrogens is 306 g/mol. The molecule has 1 aliphatic carbocycles. The van der Waals surface area contributed by atoms with Crippen molar-refractivity contribution in [3.8, 4) is 0 Å². The molecule has 1 aromatic heterocycles. The average Bonchev–Trinajstić information content (AvgIpc) is 2.83. The van der Waals surface area contributed by atoms with E-state index in [1.54, 1.807) is 18.4 Å². The Kier molecular flexibility index (Phi) is 2.95. The van der Waals surface area contributed by atoms with E-state index in [9.17, 15) is 9.59 Å². The molecule has 0 radical (unpaired) electrons. The Balaban J connectivity index is 1.74. The number of amides is 1. The summed E-state index contributed by atoms with van der Waals surface area (Å²) >= 11 is 0. The van der Waals surface area contributed by atoms with Crippen LogP contribution >= 0.6 is 0 Å². The normalized spacial score (nSPS) is 25.0. The fourth-order valence-electron chi connectivity index (χ4n) is 3.64. The van der Waals surface area contributed by atoms with Crippen molar-refractivity contribution in [2.24, 2.45) is 0 Å². The van der Waals surface area contributed by atoms with Crippen LogP contribution in [0.4, 0.5) is 4.79 Å². The molecule has 0 bridgehead atoms. The summed E-state index contributed by atoms with van der Waals surface area (Å²) in [5.41, 5.74) is 0.109. The maximum absolute atomic E-state index is 13.1. The lowest BCUT2D eigenvalue weighted by Gasteiger charge is -2.20. The molecule has 1 amide bonds. The Bertz CT molecular complexity index is 818. The van der Waals surface area contributed by atoms with Gasteiger partial charge in [-0.05, 0) is 38.5 Å². The zero-order valence-corrected chi connectivity index (χ0v) is 13.9. The van der Waals surface area contributed by atoms with E-state index in [4.69, 9.17) is 9.15 Å². The van der Waals surface area contributed by atoms with Crippen LogP contribution in [-0.4, -0.2) is 27.9 Å². The standard InChI is InChI=1S/C19H19NO4/c1-18(2,3)24-17(22)20-15(14-9-6-10-23-14)19(20)11-12-7-4-5-8-13(12)16(19)21/h4-10,15H,11H2,1-3H3/t15-,19+,20?/m0/s1. The Hall–Kier alpha value is -2.56. The minimum Gasteiger partial charge on any atom is -0.467 e. The second-order valence-corrected chi connectivity index (χ2v) is 7.36. The van der Waals surface area contributed by atoms with Crippen molar-refractivity contribution >= 4 is 11.9 Å². The minimum absolute atomic E-state index is 0.0367. The molecule has 2 aliphatic rings. The number of hydrogen-bond acceptors (Lipinski definition) is 4. The SMILES string of the molecule is CC(C)(C)OC(=O)N1[C@@H](c2ccco2)[C@@]12Cc1ccccc1C2=O. The smallest absolute Gasteiger partial charge is 0.411 e. The monoisotopic (exact) mass is 325 g/mol. The second-order valence-electron chi connectivity index (χ2n) is 7.36. The van der Waals surface area contributed by atoms with Crippen molar-refractivity contribution in [3.05, 3.63) is 59.5 Å². The summed E-state index contributed by atoms with van der Waals surface area (Å²) < 4.78 is 11.0. The molecule has 5 heteroatoms. The number of Topliss-reactive ketones (excluding diaryl/α,β-unsaturated/α-hetero) is 1. The predicted octanol–water partition coefficient (Wildman–Crippen LogP) is 3.75. The number of benzene rings is 1. The average molecular weight is 325 g/mol. The summed E-state index contributed by atoms with van der Waals surface area (Å²) in [5, 5.41) is 0. The van der Waals surface area contributed by atoms with Crippen LogP contribution < -0.4 is 0 Å². The number of fused-ring (bicyclic) bond motifs is 1. The van der Waals surface area contributed by atoms with Crippen LogP contribution in [0.5, 0.6) is 0 Å². The van der Waals surface area contributed by atoms with Gasteiger partial charge in [0.05, 0.1) is 6.26 Å². The first kappa shape index (κ1) is 15.0. The van der Waals surface area contributed by atoms with Gasteiger partial charge in [0.25, 0.3) is 0 Å². The molecule has 1 saturated heterocycles. The molecule has 0 saturated carbocycles. The number of hydrogen-bond donors (Lipinski definition) is 0. The molecule has 4 rings (SSSR count). The lowest BCUT2D eigenvalue weighted by Crippen LogP contribution is -2.33. The van der Waals surface area contributed by atoms with Crippen molar-refractivity contribution in [1.29, 1.82) is 0 Å². The number of ketones is 1. The second kappa shape index (κ2) is 4.72. The van der Waals surface area contributed by atoms with E-state index < -0.39 is 23.3 Å². The summed E-state index contributed by atoms with van der Waals surface area (Å²) in [4.78, 5) is 27.3. The number of nitrogens with zero attached hydrogens (tertiary/aromatic N) is 1. The van der Waals surface area contributed by atoms with E-state index in [1.807, 2.05) is 45.0 Å². The van der Waals surface area contributed by atoms with Gasteiger partial charge < -0.3 is 9.15 Å². The third-order valence-electron chi connectivity index (χ3n) is 4.59. The highest BCUT2D eigenvalue weighted by Gasteiger charge is 2.74. The van der Waals surface area contributed by atoms with E-state index in [-0.39, 0.29) is 5.78 Å². The highest BCUT2D eigenvalue weighted by molar-refractivity contribution is 6.12. The first-order valence-corrected chi connectivity index (χ1v) is 8.03. The third kappa shape index (κ3) is 2.00. The largest absolute Gasteiger partial charge is 0.467 e. The van der Waals surface area contributed by atoms with Gasteiger partial charge in [-0.3, -0.25) is 9.69 Å². The van der Waals surface area contributed by atoms with Crippen LogP contribution in [0.15, 0.2) is 47.1 Å². The summed E-state index contributed by atoms with van der Waals surface area (Å²) in [7, 11) is 0. The van der Waals surface area contributed by atoms with Crippen LogP contribution in [0.1, 0.15) is 48.5 Å². The summed E-state index contributed by atoms with van der Waals surface area (Å²) in [6.07, 6.45) is 1.57. The van der Waals surface area contributed by atoms with Gasteiger partial charge in [-0.1, -0.05) is 24.3 Å². The molecule has 1 fully saturated rings. The Morgan fingerprint density at radius 2 is 2.00 bits per heavy atom. The number of carbonyl (C=O) groups excluding carboxylic acids is 2. The first-order valence-electron chi connectivity index (χ1n) is 8.03. The highest BCUT2D eigenvalue weighted by atomic mass is 16.6. The predicted molar refractivity (Wildman–Crippen MR) is 86.7 cm³/mol. The molecule has 0 unspecified atom stereocenters. The molecular formula is C19H19NO4. The van der Waals surface area contributed by atoms with Gasteiger partial charge in [-0.2, -0.15) is 0 Å². The minimum atomic E-state index is -0.913. The molecule has 1 aliphatic heterocycles. The van der Waals surface area contributed by atoms with E-state index in [1.165, 1.54) is 4.90 Å². The van der Waals surface area contributed by atoms with E-state index in [0.717, 1.165) is 5.56 Å².